The number of ketones is 1. The molecule has 0 aromatic carbocycles. The summed E-state index contributed by atoms with van der Waals surface area (Å²) >= 11 is 6.05. The van der Waals surface area contributed by atoms with Crippen LogP contribution in [0.4, 0.5) is 0 Å². The molecule has 3 nitrogen and oxygen atoms in total. The highest BCUT2D eigenvalue weighted by molar-refractivity contribution is 6.30. The molecule has 2 heterocycles. The van der Waals surface area contributed by atoms with E-state index >= 15 is 0 Å². The van der Waals surface area contributed by atoms with Crippen LogP contribution in [-0.2, 0) is 24.2 Å². The Hall–Kier alpha value is -0.830. The third-order valence-electron chi connectivity index (χ3n) is 2.67. The van der Waals surface area contributed by atoms with Gasteiger partial charge in [-0.2, -0.15) is 0 Å². The minimum atomic E-state index is 0.279. The van der Waals surface area contributed by atoms with E-state index in [0.29, 0.717) is 24.0 Å². The van der Waals surface area contributed by atoms with Gasteiger partial charge in [0.25, 0.3) is 0 Å². The van der Waals surface area contributed by atoms with E-state index in [4.69, 9.17) is 11.6 Å². The molecule has 1 aromatic rings. The summed E-state index contributed by atoms with van der Waals surface area (Å²) in [5, 5.41) is 0.582. The molecule has 4 heteroatoms. The molecule has 1 aromatic heterocycles. The van der Waals surface area contributed by atoms with Gasteiger partial charge in [0.05, 0.1) is 12.2 Å². The highest BCUT2D eigenvalue weighted by atomic mass is 35.5. The number of imidazole rings is 1. The minimum absolute atomic E-state index is 0.279. The lowest BCUT2D eigenvalue weighted by atomic mass is 10.1. The summed E-state index contributed by atoms with van der Waals surface area (Å²) < 4.78 is 1.99. The molecule has 0 radical (unpaired) electrons. The van der Waals surface area contributed by atoms with Gasteiger partial charge in [-0.05, 0) is 12.3 Å². The lowest BCUT2D eigenvalue weighted by Crippen LogP contribution is -2.21. The molecule has 0 bridgehead atoms. The van der Waals surface area contributed by atoms with E-state index in [1.165, 1.54) is 0 Å². The van der Waals surface area contributed by atoms with Crippen molar-refractivity contribution < 1.29 is 4.79 Å². The fraction of sp³-hybridized carbons (Fsp3) is 0.636. The predicted octanol–water partition coefficient (Wildman–Crippen LogP) is 2.25. The van der Waals surface area contributed by atoms with Crippen LogP contribution >= 0.6 is 11.6 Å². The fourth-order valence-electron chi connectivity index (χ4n) is 1.96. The number of carbonyl (C=O) groups is 1. The molecule has 0 amide bonds. The van der Waals surface area contributed by atoms with Gasteiger partial charge < -0.3 is 4.57 Å². The van der Waals surface area contributed by atoms with E-state index in [-0.39, 0.29) is 5.78 Å². The molecule has 0 unspecified atom stereocenters. The second-order valence-electron chi connectivity index (χ2n) is 4.49. The Labute approximate surface area is 94.4 Å². The van der Waals surface area contributed by atoms with Crippen LogP contribution in [-0.4, -0.2) is 15.3 Å². The van der Waals surface area contributed by atoms with Gasteiger partial charge in [0.1, 0.15) is 5.82 Å². The summed E-state index contributed by atoms with van der Waals surface area (Å²) in [6, 6.07) is 0. The van der Waals surface area contributed by atoms with Crippen LogP contribution in [0.2, 0.25) is 5.15 Å². The Balaban J connectivity index is 2.36. The number of fused-ring (bicyclic) bond motifs is 1. The third-order valence-corrected chi connectivity index (χ3v) is 2.97. The van der Waals surface area contributed by atoms with Gasteiger partial charge in [0.15, 0.2) is 10.9 Å². The zero-order chi connectivity index (χ0) is 11.0. The van der Waals surface area contributed by atoms with Crippen LogP contribution in [0.25, 0.3) is 0 Å². The minimum Gasteiger partial charge on any atom is -0.323 e. The first-order valence-electron chi connectivity index (χ1n) is 5.33. The molecule has 2 rings (SSSR count). The zero-order valence-corrected chi connectivity index (χ0v) is 9.84. The Bertz CT molecular complexity index is 396. The molecular weight excluding hydrogens is 212 g/mol. The van der Waals surface area contributed by atoms with Crippen molar-refractivity contribution in [1.82, 2.24) is 9.55 Å². The van der Waals surface area contributed by atoms with Crippen LogP contribution in [0.1, 0.15) is 31.8 Å². The van der Waals surface area contributed by atoms with Crippen LogP contribution in [0, 0.1) is 5.92 Å². The van der Waals surface area contributed by atoms with Crippen molar-refractivity contribution >= 4 is 17.4 Å². The summed E-state index contributed by atoms with van der Waals surface area (Å²) in [6.07, 6.45) is 2.22. The van der Waals surface area contributed by atoms with E-state index < -0.39 is 0 Å². The Morgan fingerprint density at radius 2 is 2.20 bits per heavy atom. The average Bonchev–Trinajstić information content (AvgIpc) is 2.42. The first-order chi connectivity index (χ1) is 7.08. The number of Topliss-reactive ketones (excluding diaryl/α,β-unsaturated/α-hetero) is 1. The van der Waals surface area contributed by atoms with E-state index in [2.05, 4.69) is 18.8 Å². The number of carbonyl (C=O) groups excluding carboxylic acids is 1. The summed E-state index contributed by atoms with van der Waals surface area (Å²) in [5.74, 6) is 1.77. The third kappa shape index (κ3) is 2.07. The molecule has 1 aliphatic heterocycles. The molecule has 0 atom stereocenters. The maximum absolute atomic E-state index is 11.4. The summed E-state index contributed by atoms with van der Waals surface area (Å²) in [6.45, 7) is 4.73. The Morgan fingerprint density at radius 1 is 1.47 bits per heavy atom. The zero-order valence-electron chi connectivity index (χ0n) is 9.09. The second-order valence-corrected chi connectivity index (χ2v) is 4.85. The highest BCUT2D eigenvalue weighted by Gasteiger charge is 2.22. The fourth-order valence-corrected chi connectivity index (χ4v) is 2.26. The van der Waals surface area contributed by atoms with Gasteiger partial charge in [-0.25, -0.2) is 4.98 Å². The van der Waals surface area contributed by atoms with Gasteiger partial charge in [-0.1, -0.05) is 25.4 Å². The smallest absolute Gasteiger partial charge is 0.152 e. The van der Waals surface area contributed by atoms with Gasteiger partial charge in [0, 0.05) is 12.8 Å². The normalized spacial score (nSPS) is 15.9. The van der Waals surface area contributed by atoms with Gasteiger partial charge in [-0.15, -0.1) is 0 Å². The van der Waals surface area contributed by atoms with Crippen LogP contribution in [0.15, 0.2) is 0 Å². The Kier molecular flexibility index (Phi) is 2.83. The first kappa shape index (κ1) is 10.7. The topological polar surface area (TPSA) is 34.9 Å². The van der Waals surface area contributed by atoms with Crippen LogP contribution in [0.3, 0.4) is 0 Å². The van der Waals surface area contributed by atoms with Crippen molar-refractivity contribution in [2.45, 2.75) is 39.7 Å². The van der Waals surface area contributed by atoms with Crippen LogP contribution < -0.4 is 0 Å². The number of rotatable bonds is 2. The van der Waals surface area contributed by atoms with Crippen molar-refractivity contribution in [2.24, 2.45) is 5.92 Å². The van der Waals surface area contributed by atoms with Gasteiger partial charge in [-0.3, -0.25) is 4.79 Å². The molecule has 15 heavy (non-hydrogen) atoms. The highest BCUT2D eigenvalue weighted by Crippen LogP contribution is 2.24. The first-order valence-corrected chi connectivity index (χ1v) is 5.71. The van der Waals surface area contributed by atoms with Crippen LogP contribution in [0.5, 0.6) is 0 Å². The molecule has 1 aliphatic rings. The number of hydrogen-bond donors (Lipinski definition) is 0. The molecule has 0 fully saturated rings. The molecule has 82 valence electrons. The molecular formula is C11H15ClN2O. The lowest BCUT2D eigenvalue weighted by Gasteiger charge is -2.16. The lowest BCUT2D eigenvalue weighted by molar-refractivity contribution is -0.120. The monoisotopic (exact) mass is 226 g/mol. The van der Waals surface area contributed by atoms with E-state index in [1.54, 1.807) is 0 Å². The van der Waals surface area contributed by atoms with Gasteiger partial charge in [0.2, 0.25) is 0 Å². The summed E-state index contributed by atoms with van der Waals surface area (Å²) in [5.41, 5.74) is 1.03. The standard InChI is InChI=1S/C11H15ClN2O/c1-7(2)5-10-13-11(12)9-4-3-8(15)6-14(9)10/h7H,3-6H2,1-2H3. The number of aromatic nitrogens is 2. The molecule has 0 saturated heterocycles. The molecule has 0 aliphatic carbocycles. The van der Waals surface area contributed by atoms with E-state index in [1.807, 2.05) is 4.57 Å². The van der Waals surface area contributed by atoms with Crippen molar-refractivity contribution in [1.29, 1.82) is 0 Å². The summed E-state index contributed by atoms with van der Waals surface area (Å²) in [7, 11) is 0. The average molecular weight is 227 g/mol. The number of nitrogens with zero attached hydrogens (tertiary/aromatic N) is 2. The van der Waals surface area contributed by atoms with Crippen molar-refractivity contribution in [3.63, 3.8) is 0 Å². The van der Waals surface area contributed by atoms with Crippen molar-refractivity contribution in [3.05, 3.63) is 16.7 Å². The SMILES string of the molecule is CC(C)Cc1nc(Cl)c2n1CC(=O)CC2. The summed E-state index contributed by atoms with van der Waals surface area (Å²) in [4.78, 5) is 15.7. The quantitative estimate of drug-likeness (QED) is 0.775. The molecule has 0 spiro atoms. The largest absolute Gasteiger partial charge is 0.323 e. The van der Waals surface area contributed by atoms with Gasteiger partial charge >= 0.3 is 0 Å². The van der Waals surface area contributed by atoms with Crippen molar-refractivity contribution in [3.8, 4) is 0 Å². The molecule has 0 saturated carbocycles. The van der Waals surface area contributed by atoms with E-state index in [9.17, 15) is 4.79 Å². The van der Waals surface area contributed by atoms with E-state index in [0.717, 1.165) is 24.4 Å². The maximum atomic E-state index is 11.4. The number of halogens is 1. The predicted molar refractivity (Wildman–Crippen MR) is 59.1 cm³/mol. The van der Waals surface area contributed by atoms with Crippen molar-refractivity contribution in [2.75, 3.05) is 0 Å². The maximum Gasteiger partial charge on any atom is 0.152 e. The Morgan fingerprint density at radius 3 is 2.87 bits per heavy atom. The number of hydrogen-bond acceptors (Lipinski definition) is 2. The second kappa shape index (κ2) is 3.97. The molecule has 0 N–H and O–H groups in total.